The van der Waals surface area contributed by atoms with Crippen molar-refractivity contribution in [3.8, 4) is 0 Å². The smallest absolute Gasteiger partial charge is 0.0633 e. The Labute approximate surface area is 105 Å². The summed E-state index contributed by atoms with van der Waals surface area (Å²) in [6.45, 7) is 8.99. The second-order valence-electron chi connectivity index (χ2n) is 7.18. The molecule has 3 N–H and O–H groups in total. The van der Waals surface area contributed by atoms with Crippen molar-refractivity contribution >= 4 is 0 Å². The van der Waals surface area contributed by atoms with Crippen LogP contribution in [0.3, 0.4) is 0 Å². The van der Waals surface area contributed by atoms with Crippen LogP contribution >= 0.6 is 0 Å². The Bertz CT molecular complexity index is 299. The molecule has 2 fully saturated rings. The van der Waals surface area contributed by atoms with Gasteiger partial charge >= 0.3 is 0 Å². The predicted octanol–water partition coefficient (Wildman–Crippen LogP) is 1.53. The van der Waals surface area contributed by atoms with Gasteiger partial charge in [0.15, 0.2) is 0 Å². The van der Waals surface area contributed by atoms with Gasteiger partial charge in [-0.2, -0.15) is 0 Å². The van der Waals surface area contributed by atoms with Gasteiger partial charge in [0.1, 0.15) is 0 Å². The highest BCUT2D eigenvalue weighted by Gasteiger charge is 2.61. The number of rotatable bonds is 4. The summed E-state index contributed by atoms with van der Waals surface area (Å²) in [4.78, 5) is 0. The zero-order valence-electron chi connectivity index (χ0n) is 11.6. The second-order valence-corrected chi connectivity index (χ2v) is 7.18. The molecule has 2 rings (SSSR count). The van der Waals surface area contributed by atoms with E-state index in [9.17, 15) is 10.2 Å². The number of aliphatic hydroxyl groups excluding tert-OH is 2. The van der Waals surface area contributed by atoms with E-state index in [1.165, 1.54) is 19.3 Å². The van der Waals surface area contributed by atoms with Gasteiger partial charge in [-0.25, -0.2) is 0 Å². The monoisotopic (exact) mass is 241 g/mol. The van der Waals surface area contributed by atoms with Crippen molar-refractivity contribution in [3.63, 3.8) is 0 Å². The van der Waals surface area contributed by atoms with Crippen molar-refractivity contribution in [3.05, 3.63) is 0 Å². The quantitative estimate of drug-likeness (QED) is 0.700. The highest BCUT2D eigenvalue weighted by molar-refractivity contribution is 5.14. The molecule has 3 atom stereocenters. The lowest BCUT2D eigenvalue weighted by Crippen LogP contribution is -2.58. The van der Waals surface area contributed by atoms with Gasteiger partial charge in [0.2, 0.25) is 0 Å². The number of hydrogen-bond donors (Lipinski definition) is 3. The van der Waals surface area contributed by atoms with E-state index in [1.807, 2.05) is 6.92 Å². The zero-order chi connectivity index (χ0) is 12.9. The molecule has 0 radical (unpaired) electrons. The summed E-state index contributed by atoms with van der Waals surface area (Å²) in [6, 6.07) is 0.417. The average Bonchev–Trinajstić information content (AvgIpc) is 2.62. The van der Waals surface area contributed by atoms with E-state index in [1.54, 1.807) is 0 Å². The molecule has 2 bridgehead atoms. The molecule has 0 saturated heterocycles. The van der Waals surface area contributed by atoms with Gasteiger partial charge in [-0.1, -0.05) is 20.8 Å². The molecular formula is C14H27NO2. The first-order valence-corrected chi connectivity index (χ1v) is 6.78. The van der Waals surface area contributed by atoms with Crippen LogP contribution in [0.1, 0.15) is 47.0 Å². The minimum atomic E-state index is -0.547. The number of fused-ring (bicyclic) bond motifs is 2. The topological polar surface area (TPSA) is 52.5 Å². The van der Waals surface area contributed by atoms with E-state index in [4.69, 9.17) is 0 Å². The van der Waals surface area contributed by atoms with Crippen LogP contribution in [0.5, 0.6) is 0 Å². The van der Waals surface area contributed by atoms with Crippen molar-refractivity contribution in [2.24, 2.45) is 16.7 Å². The number of aliphatic hydroxyl groups is 2. The van der Waals surface area contributed by atoms with Crippen molar-refractivity contribution < 1.29 is 10.2 Å². The molecule has 3 unspecified atom stereocenters. The normalized spacial score (nSPS) is 39.9. The van der Waals surface area contributed by atoms with Crippen LogP contribution in [-0.4, -0.2) is 35.0 Å². The first-order valence-electron chi connectivity index (χ1n) is 6.78. The second kappa shape index (κ2) is 3.94. The van der Waals surface area contributed by atoms with Gasteiger partial charge in [-0.05, 0) is 42.9 Å². The molecule has 3 nitrogen and oxygen atoms in total. The Kier molecular flexibility index (Phi) is 3.08. The Morgan fingerprint density at radius 2 is 1.82 bits per heavy atom. The summed E-state index contributed by atoms with van der Waals surface area (Å²) in [5.41, 5.74) is 0.119. The van der Waals surface area contributed by atoms with Gasteiger partial charge < -0.3 is 15.5 Å². The lowest BCUT2D eigenvalue weighted by atomic mass is 9.69. The van der Waals surface area contributed by atoms with Crippen LogP contribution in [0.15, 0.2) is 0 Å². The largest absolute Gasteiger partial charge is 0.394 e. The van der Waals surface area contributed by atoms with E-state index >= 15 is 0 Å². The van der Waals surface area contributed by atoms with Crippen LogP contribution in [0.25, 0.3) is 0 Å². The summed E-state index contributed by atoms with van der Waals surface area (Å²) >= 11 is 0. The Morgan fingerprint density at radius 1 is 1.24 bits per heavy atom. The molecule has 0 aromatic carbocycles. The standard InChI is InChI=1S/C14H27NO2/c1-12(2)10-5-6-14(12,4)11(7-10)15-13(3,8-16)9-17/h10-11,15-17H,5-9H2,1-4H3. The van der Waals surface area contributed by atoms with Gasteiger partial charge in [-0.15, -0.1) is 0 Å². The minimum Gasteiger partial charge on any atom is -0.394 e. The van der Waals surface area contributed by atoms with E-state index in [-0.39, 0.29) is 13.2 Å². The van der Waals surface area contributed by atoms with Crippen molar-refractivity contribution in [1.29, 1.82) is 0 Å². The van der Waals surface area contributed by atoms with Crippen molar-refractivity contribution in [2.75, 3.05) is 13.2 Å². The number of nitrogens with one attached hydrogen (secondary N) is 1. The highest BCUT2D eigenvalue weighted by Crippen LogP contribution is 2.65. The average molecular weight is 241 g/mol. The summed E-state index contributed by atoms with van der Waals surface area (Å²) in [6.07, 6.45) is 3.77. The van der Waals surface area contributed by atoms with Gasteiger partial charge in [0.25, 0.3) is 0 Å². The molecule has 2 aliphatic carbocycles. The first-order chi connectivity index (χ1) is 7.79. The Hall–Kier alpha value is -0.120. The van der Waals surface area contributed by atoms with Crippen molar-refractivity contribution in [2.45, 2.75) is 58.5 Å². The summed E-state index contributed by atoms with van der Waals surface area (Å²) in [5, 5.41) is 22.3. The third-order valence-electron chi connectivity index (χ3n) is 6.01. The lowest BCUT2D eigenvalue weighted by Gasteiger charge is -2.43. The Morgan fingerprint density at radius 3 is 2.18 bits per heavy atom. The predicted molar refractivity (Wildman–Crippen MR) is 68.7 cm³/mol. The summed E-state index contributed by atoms with van der Waals surface area (Å²) in [7, 11) is 0. The fraction of sp³-hybridized carbons (Fsp3) is 1.00. The molecular weight excluding hydrogens is 214 g/mol. The fourth-order valence-corrected chi connectivity index (χ4v) is 3.98. The van der Waals surface area contributed by atoms with E-state index in [0.717, 1.165) is 5.92 Å². The van der Waals surface area contributed by atoms with Crippen LogP contribution in [0.4, 0.5) is 0 Å². The molecule has 0 amide bonds. The van der Waals surface area contributed by atoms with E-state index < -0.39 is 5.54 Å². The molecule has 2 aliphatic rings. The third kappa shape index (κ3) is 1.74. The zero-order valence-corrected chi connectivity index (χ0v) is 11.6. The summed E-state index contributed by atoms with van der Waals surface area (Å²) in [5.74, 6) is 0.784. The maximum absolute atomic E-state index is 9.41. The molecule has 3 heteroatoms. The molecule has 0 aromatic heterocycles. The van der Waals surface area contributed by atoms with Crippen LogP contribution in [0, 0.1) is 16.7 Å². The van der Waals surface area contributed by atoms with Crippen LogP contribution in [-0.2, 0) is 0 Å². The van der Waals surface area contributed by atoms with Gasteiger partial charge in [0, 0.05) is 6.04 Å². The molecule has 0 aliphatic heterocycles. The molecule has 0 spiro atoms. The maximum Gasteiger partial charge on any atom is 0.0633 e. The molecule has 17 heavy (non-hydrogen) atoms. The van der Waals surface area contributed by atoms with Crippen molar-refractivity contribution in [1.82, 2.24) is 5.32 Å². The van der Waals surface area contributed by atoms with E-state index in [2.05, 4.69) is 26.1 Å². The molecule has 2 saturated carbocycles. The Balaban J connectivity index is 2.16. The lowest BCUT2D eigenvalue weighted by molar-refractivity contribution is 0.0535. The number of hydrogen-bond acceptors (Lipinski definition) is 3. The molecule has 100 valence electrons. The third-order valence-corrected chi connectivity index (χ3v) is 6.01. The summed E-state index contributed by atoms with van der Waals surface area (Å²) < 4.78 is 0. The fourth-order valence-electron chi connectivity index (χ4n) is 3.98. The van der Waals surface area contributed by atoms with Crippen LogP contribution in [0.2, 0.25) is 0 Å². The first kappa shape index (κ1) is 13.3. The molecule has 0 heterocycles. The SMILES string of the molecule is CC(CO)(CO)NC1CC2CCC1(C)C2(C)C. The van der Waals surface area contributed by atoms with Gasteiger partial charge in [-0.3, -0.25) is 0 Å². The minimum absolute atomic E-state index is 0.0127. The van der Waals surface area contributed by atoms with Gasteiger partial charge in [0.05, 0.1) is 18.8 Å². The molecule has 0 aromatic rings. The maximum atomic E-state index is 9.41. The highest BCUT2D eigenvalue weighted by atomic mass is 16.3. The van der Waals surface area contributed by atoms with Crippen LogP contribution < -0.4 is 5.32 Å². The van der Waals surface area contributed by atoms with E-state index in [0.29, 0.717) is 16.9 Å².